The molecule has 5 heteroatoms. The molecule has 0 radical (unpaired) electrons. The van der Waals surface area contributed by atoms with Crippen molar-refractivity contribution in [3.63, 3.8) is 0 Å². The molecular weight excluding hydrogens is 334 g/mol. The van der Waals surface area contributed by atoms with Crippen molar-refractivity contribution in [3.05, 3.63) is 21.9 Å². The molecule has 4 fully saturated rings. The molecule has 0 aromatic carbocycles. The Balaban J connectivity index is 1.49. The van der Waals surface area contributed by atoms with Crippen LogP contribution in [-0.2, 0) is 20.7 Å². The van der Waals surface area contributed by atoms with Crippen molar-refractivity contribution >= 4 is 23.2 Å². The largest absolute Gasteiger partial charge is 0.467 e. The third-order valence-corrected chi connectivity index (χ3v) is 8.14. The van der Waals surface area contributed by atoms with E-state index in [2.05, 4.69) is 0 Å². The number of esters is 1. The Bertz CT molecular complexity index is 689. The second-order valence-electron chi connectivity index (χ2n) is 8.67. The Hall–Kier alpha value is -1.36. The van der Waals surface area contributed by atoms with Crippen molar-refractivity contribution in [1.29, 1.82) is 0 Å². The molecule has 1 unspecified atom stereocenters. The zero-order valence-corrected chi connectivity index (χ0v) is 15.5. The van der Waals surface area contributed by atoms with E-state index in [-0.39, 0.29) is 17.3 Å². The van der Waals surface area contributed by atoms with E-state index in [1.807, 2.05) is 16.3 Å². The van der Waals surface area contributed by atoms with Crippen molar-refractivity contribution in [2.75, 3.05) is 13.7 Å². The Kier molecular flexibility index (Phi) is 3.53. The topological polar surface area (TPSA) is 46.6 Å². The van der Waals surface area contributed by atoms with Crippen LogP contribution < -0.4 is 0 Å². The summed E-state index contributed by atoms with van der Waals surface area (Å²) in [5.41, 5.74) is 0.787. The Morgan fingerprint density at radius 2 is 1.80 bits per heavy atom. The number of amides is 1. The first-order chi connectivity index (χ1) is 12.1. The first-order valence-electron chi connectivity index (χ1n) is 9.55. The van der Waals surface area contributed by atoms with Gasteiger partial charge in [0.25, 0.3) is 0 Å². The molecule has 0 saturated heterocycles. The maximum absolute atomic E-state index is 13.7. The number of ether oxygens (including phenoxy) is 1. The van der Waals surface area contributed by atoms with Gasteiger partial charge in [0.1, 0.15) is 0 Å². The van der Waals surface area contributed by atoms with Gasteiger partial charge in [-0.1, -0.05) is 0 Å². The molecule has 0 N–H and O–H groups in total. The molecule has 25 heavy (non-hydrogen) atoms. The Labute approximate surface area is 152 Å². The first-order valence-corrected chi connectivity index (χ1v) is 10.4. The van der Waals surface area contributed by atoms with Gasteiger partial charge in [-0.2, -0.15) is 0 Å². The van der Waals surface area contributed by atoms with E-state index in [4.69, 9.17) is 4.74 Å². The lowest BCUT2D eigenvalue weighted by molar-refractivity contribution is -0.167. The minimum Gasteiger partial charge on any atom is -0.467 e. The van der Waals surface area contributed by atoms with Gasteiger partial charge >= 0.3 is 5.97 Å². The van der Waals surface area contributed by atoms with Crippen molar-refractivity contribution in [2.45, 2.75) is 51.0 Å². The summed E-state index contributed by atoms with van der Waals surface area (Å²) < 4.78 is 5.09. The smallest absolute Gasteiger partial charge is 0.333 e. The first kappa shape index (κ1) is 15.9. The fraction of sp³-hybridized carbons (Fsp3) is 0.700. The normalized spacial score (nSPS) is 38.5. The van der Waals surface area contributed by atoms with Crippen LogP contribution in [-0.4, -0.2) is 30.4 Å². The van der Waals surface area contributed by atoms with E-state index in [1.165, 1.54) is 31.2 Å². The minimum atomic E-state index is -0.541. The maximum Gasteiger partial charge on any atom is 0.333 e. The summed E-state index contributed by atoms with van der Waals surface area (Å²) in [5.74, 6) is 2.13. The number of rotatable bonds is 2. The fourth-order valence-electron chi connectivity index (χ4n) is 6.58. The summed E-state index contributed by atoms with van der Waals surface area (Å²) in [4.78, 5) is 29.4. The number of hydrogen-bond donors (Lipinski definition) is 0. The fourth-order valence-corrected chi connectivity index (χ4v) is 7.48. The standard InChI is InChI=1S/C20H25NO3S/c1-24-18(22)17-15-3-5-25-16(15)2-4-21(17)19(23)20-9-12-6-13(10-20)8-14(7-12)11-20/h3,5,12-14,17H,2,4,6-11H2,1H3. The van der Waals surface area contributed by atoms with Gasteiger partial charge < -0.3 is 9.64 Å². The van der Waals surface area contributed by atoms with Crippen molar-refractivity contribution in [2.24, 2.45) is 23.2 Å². The number of thiophene rings is 1. The second-order valence-corrected chi connectivity index (χ2v) is 9.67. The summed E-state index contributed by atoms with van der Waals surface area (Å²) in [6.07, 6.45) is 7.94. The van der Waals surface area contributed by atoms with Gasteiger partial charge in [-0.3, -0.25) is 4.79 Å². The van der Waals surface area contributed by atoms with Gasteiger partial charge in [-0.25, -0.2) is 4.79 Å². The van der Waals surface area contributed by atoms with Crippen LogP contribution in [0.15, 0.2) is 11.4 Å². The van der Waals surface area contributed by atoms with Gasteiger partial charge in [0.05, 0.1) is 12.5 Å². The number of carbonyl (C=O) groups excluding carboxylic acids is 2. The summed E-state index contributed by atoms with van der Waals surface area (Å²) in [5, 5.41) is 2.03. The number of carbonyl (C=O) groups is 2. The summed E-state index contributed by atoms with van der Waals surface area (Å²) in [7, 11) is 1.43. The quantitative estimate of drug-likeness (QED) is 0.759. The van der Waals surface area contributed by atoms with Crippen LogP contribution in [0.1, 0.15) is 55.0 Å². The van der Waals surface area contributed by atoms with Gasteiger partial charge in [0.15, 0.2) is 6.04 Å². The van der Waals surface area contributed by atoms with Crippen molar-refractivity contribution in [3.8, 4) is 0 Å². The highest BCUT2D eigenvalue weighted by Gasteiger charge is 2.57. The van der Waals surface area contributed by atoms with E-state index in [1.54, 1.807) is 11.3 Å². The highest BCUT2D eigenvalue weighted by molar-refractivity contribution is 7.10. The Morgan fingerprint density at radius 3 is 2.40 bits per heavy atom. The monoisotopic (exact) mass is 359 g/mol. The molecular formula is C20H25NO3S. The van der Waals surface area contributed by atoms with Crippen molar-refractivity contribution in [1.82, 2.24) is 4.90 Å². The highest BCUT2D eigenvalue weighted by atomic mass is 32.1. The van der Waals surface area contributed by atoms with Gasteiger partial charge in [-0.05, 0) is 79.7 Å². The van der Waals surface area contributed by atoms with Crippen LogP contribution in [0.25, 0.3) is 0 Å². The van der Waals surface area contributed by atoms with E-state index in [9.17, 15) is 9.59 Å². The van der Waals surface area contributed by atoms with Crippen LogP contribution in [0.2, 0.25) is 0 Å². The minimum absolute atomic E-state index is 0.200. The number of nitrogens with zero attached hydrogens (tertiary/aromatic N) is 1. The molecule has 5 aliphatic rings. The predicted octanol–water partition coefficient (Wildman–Crippen LogP) is 3.56. The molecule has 134 valence electrons. The van der Waals surface area contributed by atoms with E-state index in [0.717, 1.165) is 49.0 Å². The molecule has 1 aromatic rings. The lowest BCUT2D eigenvalue weighted by Crippen LogP contribution is -2.57. The maximum atomic E-state index is 13.7. The molecule has 1 amide bonds. The molecule has 4 nitrogen and oxygen atoms in total. The summed E-state index contributed by atoms with van der Waals surface area (Å²) in [6, 6.07) is 1.46. The number of fused-ring (bicyclic) bond motifs is 1. The van der Waals surface area contributed by atoms with Crippen LogP contribution in [0.5, 0.6) is 0 Å². The average Bonchev–Trinajstić information content (AvgIpc) is 3.07. The van der Waals surface area contributed by atoms with E-state index >= 15 is 0 Å². The van der Waals surface area contributed by atoms with Crippen LogP contribution in [0, 0.1) is 23.2 Å². The Morgan fingerprint density at radius 1 is 1.16 bits per heavy atom. The lowest BCUT2D eigenvalue weighted by atomic mass is 9.49. The molecule has 4 aliphatic carbocycles. The summed E-state index contributed by atoms with van der Waals surface area (Å²) in [6.45, 7) is 0.647. The number of methoxy groups -OCH3 is 1. The highest BCUT2D eigenvalue weighted by Crippen LogP contribution is 2.61. The zero-order valence-electron chi connectivity index (χ0n) is 14.7. The van der Waals surface area contributed by atoms with E-state index < -0.39 is 6.04 Å². The zero-order chi connectivity index (χ0) is 17.2. The van der Waals surface area contributed by atoms with Crippen LogP contribution in [0.4, 0.5) is 0 Å². The van der Waals surface area contributed by atoms with Crippen LogP contribution in [0.3, 0.4) is 0 Å². The molecule has 2 heterocycles. The molecule has 0 spiro atoms. The third-order valence-electron chi connectivity index (χ3n) is 7.14. The van der Waals surface area contributed by atoms with Crippen LogP contribution >= 0.6 is 11.3 Å². The van der Waals surface area contributed by atoms with E-state index in [0.29, 0.717) is 6.54 Å². The van der Waals surface area contributed by atoms with Gasteiger partial charge in [-0.15, -0.1) is 11.3 Å². The molecule has 6 rings (SSSR count). The lowest BCUT2D eigenvalue weighted by Gasteiger charge is -2.57. The molecule has 1 atom stereocenters. The molecule has 4 bridgehead atoms. The number of hydrogen-bond acceptors (Lipinski definition) is 4. The van der Waals surface area contributed by atoms with Gasteiger partial charge in [0, 0.05) is 11.4 Å². The molecule has 4 saturated carbocycles. The molecule has 1 aromatic heterocycles. The predicted molar refractivity (Wildman–Crippen MR) is 95.1 cm³/mol. The van der Waals surface area contributed by atoms with Crippen molar-refractivity contribution < 1.29 is 14.3 Å². The molecule has 1 aliphatic heterocycles. The van der Waals surface area contributed by atoms with Gasteiger partial charge in [0.2, 0.25) is 5.91 Å². The SMILES string of the molecule is COC(=O)C1c2ccsc2CCN1C(=O)C12CC3CC(CC(C3)C1)C2. The third kappa shape index (κ3) is 2.31. The second kappa shape index (κ2) is 5.57. The summed E-state index contributed by atoms with van der Waals surface area (Å²) >= 11 is 1.68. The average molecular weight is 359 g/mol.